The van der Waals surface area contributed by atoms with Crippen molar-refractivity contribution in [3.05, 3.63) is 0 Å². The molecule has 0 bridgehead atoms. The van der Waals surface area contributed by atoms with Crippen LogP contribution in [0, 0.1) is 10.8 Å². The number of hydrogen-bond acceptors (Lipinski definition) is 9. The average Bonchev–Trinajstić information content (AvgIpc) is 2.96. The van der Waals surface area contributed by atoms with E-state index < -0.39 is 70.7 Å². The molecule has 0 spiro atoms. The summed E-state index contributed by atoms with van der Waals surface area (Å²) in [6.45, 7) is 30.5. The summed E-state index contributed by atoms with van der Waals surface area (Å²) in [6, 6.07) is -1.10. The summed E-state index contributed by atoms with van der Waals surface area (Å²) >= 11 is 0. The maximum absolute atomic E-state index is 13.5. The van der Waals surface area contributed by atoms with Gasteiger partial charge in [-0.2, -0.15) is 0 Å². The van der Waals surface area contributed by atoms with E-state index in [9.17, 15) is 34.8 Å². The number of ether oxygens (including phenoxy) is 2. The van der Waals surface area contributed by atoms with E-state index in [1.165, 1.54) is 19.8 Å². The first-order valence-electron chi connectivity index (χ1n) is 17.6. The van der Waals surface area contributed by atoms with Crippen LogP contribution in [0.3, 0.4) is 0 Å². The lowest BCUT2D eigenvalue weighted by Crippen LogP contribution is -2.65. The van der Waals surface area contributed by atoms with E-state index in [2.05, 4.69) is 29.8 Å². The number of carbonyl (C=O) groups excluding carboxylic acids is 3. The fourth-order valence-electron chi connectivity index (χ4n) is 5.29. The van der Waals surface area contributed by atoms with E-state index >= 15 is 0 Å². The molecule has 0 aromatic carbocycles. The Hall–Kier alpha value is -1.83. The first-order valence-corrected chi connectivity index (χ1v) is 17.6. The van der Waals surface area contributed by atoms with Gasteiger partial charge in [-0.15, -0.1) is 0 Å². The van der Waals surface area contributed by atoms with Crippen molar-refractivity contribution < 1.29 is 44.3 Å². The van der Waals surface area contributed by atoms with Crippen molar-refractivity contribution in [1.82, 2.24) is 16.0 Å². The van der Waals surface area contributed by atoms with Crippen LogP contribution in [0.5, 0.6) is 0 Å². The van der Waals surface area contributed by atoms with Gasteiger partial charge in [0.15, 0.2) is 6.29 Å². The predicted molar refractivity (Wildman–Crippen MR) is 192 cm³/mol. The summed E-state index contributed by atoms with van der Waals surface area (Å²) in [5, 5.41) is 48.5. The Balaban J connectivity index is -0.00000230. The summed E-state index contributed by atoms with van der Waals surface area (Å²) in [5.74, 6) is -1.00. The molecule has 1 fully saturated rings. The highest BCUT2D eigenvalue weighted by Gasteiger charge is 2.48. The molecule has 1 saturated heterocycles. The van der Waals surface area contributed by atoms with Gasteiger partial charge in [-0.1, -0.05) is 68.2 Å². The smallest absolute Gasteiger partial charge is 0.228 e. The molecule has 1 aliphatic heterocycles. The summed E-state index contributed by atoms with van der Waals surface area (Å²) in [7, 11) is 0. The molecule has 0 aliphatic carbocycles. The van der Waals surface area contributed by atoms with Gasteiger partial charge in [0.1, 0.15) is 24.4 Å². The number of aliphatic hydroxyl groups is 4. The third-order valence-corrected chi connectivity index (χ3v) is 7.47. The molecule has 7 N–H and O–H groups in total. The van der Waals surface area contributed by atoms with Crippen molar-refractivity contribution in [2.75, 3.05) is 13.2 Å². The minimum atomic E-state index is -1.44. The maximum atomic E-state index is 13.5. The summed E-state index contributed by atoms with van der Waals surface area (Å²) in [6.07, 6.45) is -1.94. The second-order valence-corrected chi connectivity index (χ2v) is 15.3. The van der Waals surface area contributed by atoms with E-state index in [1.54, 1.807) is 41.5 Å². The van der Waals surface area contributed by atoms with Gasteiger partial charge in [0.25, 0.3) is 0 Å². The molecular formula is C36H75N3O9. The van der Waals surface area contributed by atoms with Crippen molar-refractivity contribution in [3.8, 4) is 0 Å². The van der Waals surface area contributed by atoms with Crippen LogP contribution in [-0.4, -0.2) is 98.7 Å². The van der Waals surface area contributed by atoms with Crippen molar-refractivity contribution in [2.45, 2.75) is 191 Å². The highest BCUT2D eigenvalue weighted by atomic mass is 16.7. The molecule has 1 heterocycles. The monoisotopic (exact) mass is 694 g/mol. The molecular weight excluding hydrogens is 618 g/mol. The van der Waals surface area contributed by atoms with Crippen molar-refractivity contribution in [1.29, 1.82) is 0 Å². The van der Waals surface area contributed by atoms with Crippen LogP contribution in [0.2, 0.25) is 0 Å². The van der Waals surface area contributed by atoms with E-state index in [1.807, 2.05) is 55.4 Å². The molecule has 288 valence electrons. The molecule has 0 aromatic rings. The van der Waals surface area contributed by atoms with E-state index in [-0.39, 0.29) is 24.8 Å². The summed E-state index contributed by atoms with van der Waals surface area (Å²) in [5.41, 5.74) is -4.28. The zero-order chi connectivity index (χ0) is 38.9. The van der Waals surface area contributed by atoms with Crippen LogP contribution in [-0.2, 0) is 23.9 Å². The molecule has 48 heavy (non-hydrogen) atoms. The van der Waals surface area contributed by atoms with Crippen molar-refractivity contribution in [3.63, 3.8) is 0 Å². The van der Waals surface area contributed by atoms with Crippen molar-refractivity contribution in [2.24, 2.45) is 10.8 Å². The van der Waals surface area contributed by atoms with Gasteiger partial charge in [-0.3, -0.25) is 14.4 Å². The van der Waals surface area contributed by atoms with Crippen LogP contribution in [0.1, 0.15) is 143 Å². The average molecular weight is 694 g/mol. The Morgan fingerprint density at radius 2 is 1.12 bits per heavy atom. The summed E-state index contributed by atoms with van der Waals surface area (Å²) < 4.78 is 11.9. The number of aliphatic hydroxyl groups excluding tert-OH is 4. The van der Waals surface area contributed by atoms with Gasteiger partial charge in [-0.25, -0.2) is 0 Å². The number of amides is 3. The maximum Gasteiger partial charge on any atom is 0.228 e. The fourth-order valence-corrected chi connectivity index (χ4v) is 5.29. The molecule has 5 unspecified atom stereocenters. The van der Waals surface area contributed by atoms with Gasteiger partial charge >= 0.3 is 0 Å². The number of rotatable bonds is 14. The Bertz CT molecular complexity index is 934. The lowest BCUT2D eigenvalue weighted by molar-refractivity contribution is -0.298. The summed E-state index contributed by atoms with van der Waals surface area (Å²) in [4.78, 5) is 37.8. The van der Waals surface area contributed by atoms with Crippen LogP contribution >= 0.6 is 0 Å². The highest BCUT2D eigenvalue weighted by Crippen LogP contribution is 2.35. The Morgan fingerprint density at radius 3 is 1.48 bits per heavy atom. The Labute approximate surface area is 292 Å². The standard InChI is InChI=1S/C28H53N3O9.C4H10.2C2H6/c1-16(34)29-18-20(36)19(35)17(12-32)39-21(18)40-28(10,11)13-24(2,3)22(37)30-26(6,7)14-27(8,9)31-23(38)25(4,5)15-33;1-3-4-2;2*1-2/h17-21,32-33,35-36H,12-15H2,1-11H3,(H,29,34)(H,30,37)(H,31,38);3-4H2,1-2H3;2*1-2H3. The molecule has 5 atom stereocenters. The lowest BCUT2D eigenvalue weighted by atomic mass is 9.79. The third-order valence-electron chi connectivity index (χ3n) is 7.47. The predicted octanol–water partition coefficient (Wildman–Crippen LogP) is 4.20. The highest BCUT2D eigenvalue weighted by molar-refractivity contribution is 5.83. The van der Waals surface area contributed by atoms with Crippen LogP contribution in [0.4, 0.5) is 0 Å². The quantitative estimate of drug-likeness (QED) is 0.140. The van der Waals surface area contributed by atoms with Gasteiger partial charge in [0.2, 0.25) is 17.7 Å². The largest absolute Gasteiger partial charge is 0.395 e. The first-order chi connectivity index (χ1) is 21.8. The molecule has 12 heteroatoms. The molecule has 0 aromatic heterocycles. The van der Waals surface area contributed by atoms with E-state index in [0.29, 0.717) is 6.42 Å². The zero-order valence-corrected chi connectivity index (χ0v) is 33.5. The number of nitrogens with one attached hydrogen (secondary N) is 3. The number of hydrogen-bond donors (Lipinski definition) is 7. The van der Waals surface area contributed by atoms with E-state index in [0.717, 1.165) is 0 Å². The first kappa shape index (κ1) is 50.5. The molecule has 1 rings (SSSR count). The van der Waals surface area contributed by atoms with Gasteiger partial charge in [0, 0.05) is 23.4 Å². The minimum Gasteiger partial charge on any atom is -0.395 e. The SMILES string of the molecule is CC.CC.CC(=O)NC1C(OC(C)(C)CC(C)(C)C(=O)NC(C)(C)CC(C)(C)NC(=O)C(C)(C)CO)OC(CO)C(O)C1O.CCCC. The van der Waals surface area contributed by atoms with E-state index in [4.69, 9.17) is 9.47 Å². The molecule has 1 aliphatic rings. The van der Waals surface area contributed by atoms with Crippen LogP contribution < -0.4 is 16.0 Å². The Kier molecular flexibility index (Phi) is 23.3. The molecule has 0 saturated carbocycles. The van der Waals surface area contributed by atoms with Crippen molar-refractivity contribution >= 4 is 17.7 Å². The van der Waals surface area contributed by atoms with Gasteiger partial charge < -0.3 is 45.9 Å². The fraction of sp³-hybridized carbons (Fsp3) is 0.917. The topological polar surface area (TPSA) is 187 Å². The lowest BCUT2D eigenvalue weighted by Gasteiger charge is -2.46. The van der Waals surface area contributed by atoms with Gasteiger partial charge in [0.05, 0.1) is 24.2 Å². The molecule has 3 amide bonds. The second-order valence-electron chi connectivity index (χ2n) is 15.3. The van der Waals surface area contributed by atoms with Crippen LogP contribution in [0.15, 0.2) is 0 Å². The Morgan fingerprint density at radius 1 is 0.708 bits per heavy atom. The normalized spacial score (nSPS) is 21.6. The zero-order valence-electron chi connectivity index (χ0n) is 33.5. The van der Waals surface area contributed by atoms with Crippen LogP contribution in [0.25, 0.3) is 0 Å². The number of carbonyl (C=O) groups is 3. The third kappa shape index (κ3) is 18.2. The second kappa shape index (κ2) is 22.1. The van der Waals surface area contributed by atoms with Gasteiger partial charge in [-0.05, 0) is 68.2 Å². The minimum absolute atomic E-state index is 0.210. The molecule has 12 nitrogen and oxygen atoms in total. The number of unbranched alkanes of at least 4 members (excludes halogenated alkanes) is 1. The molecule has 0 radical (unpaired) electrons.